The number of ether oxygens (including phenoxy) is 1. The van der Waals surface area contributed by atoms with Crippen LogP contribution in [0, 0.1) is 11.8 Å². The van der Waals surface area contributed by atoms with E-state index in [9.17, 15) is 4.79 Å². The van der Waals surface area contributed by atoms with Crippen LogP contribution < -0.4 is 20.7 Å². The lowest BCUT2D eigenvalue weighted by atomic mass is 10.1. The average molecular weight is 572 g/mol. The summed E-state index contributed by atoms with van der Waals surface area (Å²) >= 11 is 0. The predicted molar refractivity (Wildman–Crippen MR) is 182 cm³/mol. The van der Waals surface area contributed by atoms with Crippen LogP contribution in [0.5, 0.6) is 5.75 Å². The molecule has 0 saturated heterocycles. The van der Waals surface area contributed by atoms with Crippen molar-refractivity contribution < 1.29 is 9.53 Å². The zero-order valence-electron chi connectivity index (χ0n) is 28.2. The van der Waals surface area contributed by atoms with E-state index < -0.39 is 0 Å². The summed E-state index contributed by atoms with van der Waals surface area (Å²) in [7, 11) is 5.40. The Morgan fingerprint density at radius 2 is 1.44 bits per heavy atom. The Labute approximate surface area is 252 Å². The molecule has 0 atom stereocenters. The molecule has 3 N–H and O–H groups in total. The number of rotatable bonds is 13. The molecule has 0 spiro atoms. The van der Waals surface area contributed by atoms with Gasteiger partial charge in [-0.25, -0.2) is 4.99 Å². The SMILES string of the molecule is CC.CCC.CCNc1cc(C(=O)N(CCC(C)C)CCC(C)C)ccc1N=CNc1ccc(OC)cc1.CNC. The van der Waals surface area contributed by atoms with Crippen LogP contribution in [0.2, 0.25) is 0 Å². The van der Waals surface area contributed by atoms with Gasteiger partial charge in [0, 0.05) is 30.9 Å². The summed E-state index contributed by atoms with van der Waals surface area (Å²) in [6.07, 6.45) is 4.92. The van der Waals surface area contributed by atoms with Gasteiger partial charge in [-0.3, -0.25) is 4.79 Å². The fraction of sp³-hybridized carbons (Fsp3) is 0.588. The van der Waals surface area contributed by atoms with Crippen LogP contribution in [0.15, 0.2) is 47.5 Å². The van der Waals surface area contributed by atoms with Crippen LogP contribution >= 0.6 is 0 Å². The molecule has 1 amide bonds. The number of anilines is 2. The van der Waals surface area contributed by atoms with Crippen LogP contribution in [-0.4, -0.2) is 58.0 Å². The molecule has 0 aromatic heterocycles. The minimum Gasteiger partial charge on any atom is -0.497 e. The van der Waals surface area contributed by atoms with E-state index in [1.807, 2.05) is 82.2 Å². The molecule has 0 bridgehead atoms. The van der Waals surface area contributed by atoms with Crippen molar-refractivity contribution in [3.05, 3.63) is 48.0 Å². The first-order valence-corrected chi connectivity index (χ1v) is 15.4. The Bertz CT molecular complexity index is 913. The van der Waals surface area contributed by atoms with E-state index >= 15 is 0 Å². The fourth-order valence-electron chi connectivity index (χ4n) is 3.30. The van der Waals surface area contributed by atoms with Crippen LogP contribution in [0.3, 0.4) is 0 Å². The zero-order valence-corrected chi connectivity index (χ0v) is 28.2. The van der Waals surface area contributed by atoms with Crippen molar-refractivity contribution in [1.82, 2.24) is 10.2 Å². The molecule has 41 heavy (non-hydrogen) atoms. The number of hydrogen-bond donors (Lipinski definition) is 3. The predicted octanol–water partition coefficient (Wildman–Crippen LogP) is 8.71. The Kier molecular flexibility index (Phi) is 25.3. The van der Waals surface area contributed by atoms with E-state index in [2.05, 4.69) is 62.5 Å². The van der Waals surface area contributed by atoms with Gasteiger partial charge in [0.15, 0.2) is 0 Å². The molecule has 234 valence electrons. The van der Waals surface area contributed by atoms with Gasteiger partial charge in [-0.1, -0.05) is 61.8 Å². The highest BCUT2D eigenvalue weighted by Crippen LogP contribution is 2.27. The number of carbonyl (C=O) groups is 1. The summed E-state index contributed by atoms with van der Waals surface area (Å²) in [5, 5.41) is 9.27. The Morgan fingerprint density at radius 3 is 1.88 bits per heavy atom. The number of nitrogens with zero attached hydrogens (tertiary/aromatic N) is 2. The second-order valence-corrected chi connectivity index (χ2v) is 10.3. The van der Waals surface area contributed by atoms with Gasteiger partial charge >= 0.3 is 0 Å². The number of methoxy groups -OCH3 is 1. The molecular weight excluding hydrogens is 510 g/mol. The van der Waals surface area contributed by atoms with E-state index in [1.165, 1.54) is 6.42 Å². The normalized spacial score (nSPS) is 10.1. The first-order chi connectivity index (χ1) is 19.7. The fourth-order valence-corrected chi connectivity index (χ4v) is 3.30. The largest absolute Gasteiger partial charge is 0.497 e. The first-order valence-electron chi connectivity index (χ1n) is 15.4. The summed E-state index contributed by atoms with van der Waals surface area (Å²) in [4.78, 5) is 19.9. The van der Waals surface area contributed by atoms with E-state index in [-0.39, 0.29) is 5.91 Å². The smallest absolute Gasteiger partial charge is 0.253 e. The van der Waals surface area contributed by atoms with Crippen LogP contribution in [0.1, 0.15) is 91.9 Å². The Morgan fingerprint density at radius 1 is 0.927 bits per heavy atom. The maximum Gasteiger partial charge on any atom is 0.253 e. The lowest BCUT2D eigenvalue weighted by molar-refractivity contribution is 0.0741. The third kappa shape index (κ3) is 18.8. The van der Waals surface area contributed by atoms with Gasteiger partial charge in [0.25, 0.3) is 5.91 Å². The van der Waals surface area contributed by atoms with Crippen molar-refractivity contribution in [1.29, 1.82) is 0 Å². The minimum absolute atomic E-state index is 0.0855. The lowest BCUT2D eigenvalue weighted by Crippen LogP contribution is -2.34. The molecule has 7 heteroatoms. The molecule has 7 nitrogen and oxygen atoms in total. The molecular formula is C34H61N5O2. The Hall–Kier alpha value is -3.06. The van der Waals surface area contributed by atoms with Crippen molar-refractivity contribution in [2.45, 2.75) is 81.6 Å². The van der Waals surface area contributed by atoms with E-state index in [0.29, 0.717) is 17.4 Å². The highest BCUT2D eigenvalue weighted by molar-refractivity contribution is 5.96. The van der Waals surface area contributed by atoms with Gasteiger partial charge in [-0.05, 0) is 88.2 Å². The van der Waals surface area contributed by atoms with Gasteiger partial charge in [0.05, 0.1) is 24.8 Å². The van der Waals surface area contributed by atoms with Crippen molar-refractivity contribution in [2.24, 2.45) is 16.8 Å². The lowest BCUT2D eigenvalue weighted by Gasteiger charge is -2.25. The summed E-state index contributed by atoms with van der Waals surface area (Å²) in [5.74, 6) is 2.02. The second kappa shape index (κ2) is 25.9. The monoisotopic (exact) mass is 571 g/mol. The van der Waals surface area contributed by atoms with Gasteiger partial charge in [0.1, 0.15) is 5.75 Å². The molecule has 0 unspecified atom stereocenters. The van der Waals surface area contributed by atoms with E-state index in [0.717, 1.165) is 55.3 Å². The molecule has 0 heterocycles. The summed E-state index contributed by atoms with van der Waals surface area (Å²) in [5.41, 5.74) is 3.25. The number of carbonyl (C=O) groups excluding carboxylic acids is 1. The van der Waals surface area contributed by atoms with Crippen LogP contribution in [-0.2, 0) is 0 Å². The number of nitrogens with one attached hydrogen (secondary N) is 3. The second-order valence-electron chi connectivity index (χ2n) is 10.3. The van der Waals surface area contributed by atoms with Gasteiger partial charge < -0.3 is 25.6 Å². The molecule has 2 aromatic carbocycles. The molecule has 0 aliphatic carbocycles. The highest BCUT2D eigenvalue weighted by atomic mass is 16.5. The van der Waals surface area contributed by atoms with E-state index in [1.54, 1.807) is 13.4 Å². The number of amides is 1. The molecule has 0 fully saturated rings. The third-order valence-electron chi connectivity index (χ3n) is 5.38. The molecule has 0 saturated carbocycles. The topological polar surface area (TPSA) is 78.0 Å². The standard InChI is InChI=1S/C27H40N4O2.C3H8.C2H7N.C2H6/c1-7-28-26-18-22(27(32)31(16-14-20(2)3)17-15-21(4)5)8-13-25(26)30-19-29-23-9-11-24(33-6)12-10-23;2*1-3-2;1-2/h8-13,18-21,28H,7,14-17H2,1-6H3,(H,29,30);3H2,1-2H3;3H,1-2H3;1-2H3. The summed E-state index contributed by atoms with van der Waals surface area (Å²) in [6.45, 7) is 21.4. The molecule has 0 aliphatic heterocycles. The summed E-state index contributed by atoms with van der Waals surface area (Å²) in [6, 6.07) is 13.3. The maximum absolute atomic E-state index is 13.3. The summed E-state index contributed by atoms with van der Waals surface area (Å²) < 4.78 is 5.19. The number of hydrogen-bond acceptors (Lipinski definition) is 5. The van der Waals surface area contributed by atoms with E-state index in [4.69, 9.17) is 4.74 Å². The third-order valence-corrected chi connectivity index (χ3v) is 5.38. The van der Waals surface area contributed by atoms with Crippen molar-refractivity contribution in [2.75, 3.05) is 51.5 Å². The molecule has 0 aliphatic rings. The maximum atomic E-state index is 13.3. The van der Waals surface area contributed by atoms with Crippen molar-refractivity contribution >= 4 is 29.3 Å². The molecule has 0 radical (unpaired) electrons. The molecule has 2 aromatic rings. The zero-order chi connectivity index (χ0) is 31.6. The van der Waals surface area contributed by atoms with Gasteiger partial charge in [-0.2, -0.15) is 0 Å². The molecule has 2 rings (SSSR count). The van der Waals surface area contributed by atoms with Crippen LogP contribution in [0.25, 0.3) is 0 Å². The van der Waals surface area contributed by atoms with Gasteiger partial charge in [-0.15, -0.1) is 0 Å². The number of aliphatic imine (C=N–C) groups is 1. The first kappa shape index (κ1) is 40.1. The highest BCUT2D eigenvalue weighted by Gasteiger charge is 2.18. The van der Waals surface area contributed by atoms with Crippen molar-refractivity contribution in [3.63, 3.8) is 0 Å². The Balaban J connectivity index is 0. The number of benzene rings is 2. The minimum atomic E-state index is 0.0855. The van der Waals surface area contributed by atoms with Crippen LogP contribution in [0.4, 0.5) is 17.1 Å². The average Bonchev–Trinajstić information content (AvgIpc) is 2.95. The van der Waals surface area contributed by atoms with Crippen molar-refractivity contribution in [3.8, 4) is 5.75 Å². The van der Waals surface area contributed by atoms with Gasteiger partial charge in [0.2, 0.25) is 0 Å². The quantitative estimate of drug-likeness (QED) is 0.166.